The third-order valence-electron chi connectivity index (χ3n) is 2.97. The number of para-hydroxylation sites is 2. The summed E-state index contributed by atoms with van der Waals surface area (Å²) < 4.78 is 24.7. The maximum Gasteiger partial charge on any atom is 0.226 e. The molecule has 0 saturated heterocycles. The normalized spacial score (nSPS) is 11.8. The molecule has 20 heavy (non-hydrogen) atoms. The van der Waals surface area contributed by atoms with Gasteiger partial charge in [0, 0.05) is 5.02 Å². The van der Waals surface area contributed by atoms with Gasteiger partial charge in [0.25, 0.3) is 0 Å². The van der Waals surface area contributed by atoms with Crippen molar-refractivity contribution in [3.63, 3.8) is 0 Å². The summed E-state index contributed by atoms with van der Waals surface area (Å²) in [6, 6.07) is 14.1. The number of aromatic amines is 1. The lowest BCUT2D eigenvalue weighted by atomic mass is 10.2. The molecule has 0 spiro atoms. The molecule has 0 aliphatic carbocycles. The molecular formula is C14H11ClN2O2S. The fourth-order valence-corrected chi connectivity index (χ4v) is 3.55. The van der Waals surface area contributed by atoms with E-state index in [-0.39, 0.29) is 10.9 Å². The highest BCUT2D eigenvalue weighted by atomic mass is 35.5. The summed E-state index contributed by atoms with van der Waals surface area (Å²) in [5.41, 5.74) is 1.89. The molecule has 0 saturated carbocycles. The van der Waals surface area contributed by atoms with Gasteiger partial charge in [-0.05, 0) is 23.8 Å². The van der Waals surface area contributed by atoms with Crippen molar-refractivity contribution in [3.05, 3.63) is 59.1 Å². The molecule has 0 aliphatic rings. The maximum atomic E-state index is 12.4. The van der Waals surface area contributed by atoms with E-state index < -0.39 is 9.84 Å². The molecule has 0 bridgehead atoms. The first-order chi connectivity index (χ1) is 9.56. The van der Waals surface area contributed by atoms with Crippen LogP contribution in [0.25, 0.3) is 11.0 Å². The average molecular weight is 307 g/mol. The largest absolute Gasteiger partial charge is 0.329 e. The summed E-state index contributed by atoms with van der Waals surface area (Å²) in [7, 11) is -3.55. The number of halogens is 1. The van der Waals surface area contributed by atoms with Crippen molar-refractivity contribution in [2.24, 2.45) is 0 Å². The predicted octanol–water partition coefficient (Wildman–Crippen LogP) is 3.19. The van der Waals surface area contributed by atoms with Crippen LogP contribution in [0.15, 0.2) is 53.7 Å². The van der Waals surface area contributed by atoms with Gasteiger partial charge in [0.2, 0.25) is 15.0 Å². The minimum atomic E-state index is -3.55. The second-order valence-corrected chi connectivity index (χ2v) is 6.72. The van der Waals surface area contributed by atoms with Gasteiger partial charge in [-0.15, -0.1) is 0 Å². The summed E-state index contributed by atoms with van der Waals surface area (Å²) in [4.78, 5) is 6.96. The van der Waals surface area contributed by atoms with E-state index in [1.807, 2.05) is 12.1 Å². The Morgan fingerprint density at radius 2 is 1.75 bits per heavy atom. The lowest BCUT2D eigenvalue weighted by Crippen LogP contribution is -2.07. The molecule has 6 heteroatoms. The first kappa shape index (κ1) is 13.1. The lowest BCUT2D eigenvalue weighted by Gasteiger charge is -2.03. The van der Waals surface area contributed by atoms with Gasteiger partial charge < -0.3 is 4.98 Å². The molecule has 1 heterocycles. The monoisotopic (exact) mass is 306 g/mol. The van der Waals surface area contributed by atoms with Crippen molar-refractivity contribution in [2.75, 3.05) is 0 Å². The van der Waals surface area contributed by atoms with Crippen molar-refractivity contribution >= 4 is 32.5 Å². The van der Waals surface area contributed by atoms with Crippen molar-refractivity contribution in [2.45, 2.75) is 10.9 Å². The van der Waals surface area contributed by atoms with Gasteiger partial charge in [-0.3, -0.25) is 0 Å². The van der Waals surface area contributed by atoms with E-state index in [1.54, 1.807) is 36.4 Å². The number of sulfone groups is 1. The number of benzene rings is 2. The van der Waals surface area contributed by atoms with E-state index in [4.69, 9.17) is 11.6 Å². The molecule has 3 aromatic rings. The Balaban J connectivity index is 2.01. The fraction of sp³-hybridized carbons (Fsp3) is 0.0714. The van der Waals surface area contributed by atoms with Crippen LogP contribution < -0.4 is 0 Å². The molecule has 3 rings (SSSR count). The fourth-order valence-electron chi connectivity index (χ4n) is 1.97. The summed E-state index contributed by atoms with van der Waals surface area (Å²) >= 11 is 6.00. The highest BCUT2D eigenvalue weighted by Gasteiger charge is 2.20. The van der Waals surface area contributed by atoms with Crippen LogP contribution in [0.1, 0.15) is 5.56 Å². The van der Waals surface area contributed by atoms with Gasteiger partial charge in [-0.1, -0.05) is 41.9 Å². The summed E-state index contributed by atoms with van der Waals surface area (Å²) in [6.45, 7) is 0. The molecule has 102 valence electrons. The zero-order valence-electron chi connectivity index (χ0n) is 10.4. The van der Waals surface area contributed by atoms with Crippen LogP contribution in [-0.2, 0) is 15.6 Å². The van der Waals surface area contributed by atoms with E-state index in [0.717, 1.165) is 0 Å². The van der Waals surface area contributed by atoms with Crippen molar-refractivity contribution in [3.8, 4) is 0 Å². The minimum Gasteiger partial charge on any atom is -0.329 e. The highest BCUT2D eigenvalue weighted by molar-refractivity contribution is 7.90. The molecule has 4 nitrogen and oxygen atoms in total. The van der Waals surface area contributed by atoms with Gasteiger partial charge >= 0.3 is 0 Å². The lowest BCUT2D eigenvalue weighted by molar-refractivity contribution is 0.588. The van der Waals surface area contributed by atoms with Crippen LogP contribution in [-0.4, -0.2) is 18.4 Å². The molecule has 0 atom stereocenters. The topological polar surface area (TPSA) is 62.8 Å². The zero-order chi connectivity index (χ0) is 14.2. The molecule has 1 N–H and O–H groups in total. The van der Waals surface area contributed by atoms with E-state index in [0.29, 0.717) is 21.6 Å². The smallest absolute Gasteiger partial charge is 0.226 e. The van der Waals surface area contributed by atoms with Crippen molar-refractivity contribution in [1.82, 2.24) is 9.97 Å². The van der Waals surface area contributed by atoms with Crippen molar-refractivity contribution in [1.29, 1.82) is 0 Å². The van der Waals surface area contributed by atoms with Gasteiger partial charge in [-0.25, -0.2) is 13.4 Å². The summed E-state index contributed by atoms with van der Waals surface area (Å²) in [5, 5.41) is 0.408. The average Bonchev–Trinajstić information content (AvgIpc) is 2.86. The number of fused-ring (bicyclic) bond motifs is 1. The summed E-state index contributed by atoms with van der Waals surface area (Å²) in [5.74, 6) is -0.174. The Morgan fingerprint density at radius 1 is 1.05 bits per heavy atom. The highest BCUT2D eigenvalue weighted by Crippen LogP contribution is 2.22. The Hall–Kier alpha value is -1.85. The molecule has 2 aromatic carbocycles. The van der Waals surface area contributed by atoms with E-state index >= 15 is 0 Å². The van der Waals surface area contributed by atoms with Crippen LogP contribution >= 0.6 is 11.6 Å². The number of imidazole rings is 1. The van der Waals surface area contributed by atoms with E-state index in [9.17, 15) is 8.42 Å². The van der Waals surface area contributed by atoms with Gasteiger partial charge in [0.05, 0.1) is 16.8 Å². The van der Waals surface area contributed by atoms with Crippen molar-refractivity contribution < 1.29 is 8.42 Å². The van der Waals surface area contributed by atoms with Gasteiger partial charge in [0.1, 0.15) is 0 Å². The molecule has 0 aliphatic heterocycles. The number of H-pyrrole nitrogens is 1. The number of nitrogens with zero attached hydrogens (tertiary/aromatic N) is 1. The van der Waals surface area contributed by atoms with Crippen LogP contribution in [0, 0.1) is 0 Å². The van der Waals surface area contributed by atoms with E-state index in [2.05, 4.69) is 9.97 Å². The molecule has 0 radical (unpaired) electrons. The first-order valence-electron chi connectivity index (χ1n) is 5.97. The second-order valence-electron chi connectivity index (χ2n) is 4.41. The van der Waals surface area contributed by atoms with Crippen LogP contribution in [0.3, 0.4) is 0 Å². The number of hydrogen-bond donors (Lipinski definition) is 1. The number of rotatable bonds is 3. The van der Waals surface area contributed by atoms with Gasteiger partial charge in [0.15, 0.2) is 0 Å². The number of nitrogens with one attached hydrogen (secondary N) is 1. The molecule has 0 unspecified atom stereocenters. The Morgan fingerprint density at radius 3 is 2.50 bits per heavy atom. The Bertz CT molecular complexity index is 839. The number of aromatic nitrogens is 2. The number of hydrogen-bond acceptors (Lipinski definition) is 3. The van der Waals surface area contributed by atoms with Gasteiger partial charge in [-0.2, -0.15) is 0 Å². The first-order valence-corrected chi connectivity index (χ1v) is 8.00. The molecule has 0 amide bonds. The Labute approximate surface area is 121 Å². The standard InChI is InChI=1S/C14H11ClN2O2S/c15-11-6-2-1-5-10(11)9-20(18,19)14-16-12-7-3-4-8-13(12)17-14/h1-8H,9H2,(H,16,17). The Kier molecular flexibility index (Phi) is 3.23. The quantitative estimate of drug-likeness (QED) is 0.808. The maximum absolute atomic E-state index is 12.4. The SMILES string of the molecule is O=S(=O)(Cc1ccccc1Cl)c1nc2ccccc2[nH]1. The molecular weight excluding hydrogens is 296 g/mol. The van der Waals surface area contributed by atoms with Crippen LogP contribution in [0.4, 0.5) is 0 Å². The van der Waals surface area contributed by atoms with E-state index in [1.165, 1.54) is 0 Å². The third-order valence-corrected chi connectivity index (χ3v) is 4.81. The van der Waals surface area contributed by atoms with Crippen LogP contribution in [0.2, 0.25) is 5.02 Å². The predicted molar refractivity (Wildman–Crippen MR) is 78.4 cm³/mol. The van der Waals surface area contributed by atoms with Crippen LogP contribution in [0.5, 0.6) is 0 Å². The second kappa shape index (κ2) is 4.92. The molecule has 1 aromatic heterocycles. The zero-order valence-corrected chi connectivity index (χ0v) is 11.9. The summed E-state index contributed by atoms with van der Waals surface area (Å²) in [6.07, 6.45) is 0. The minimum absolute atomic E-state index is 0.0291. The molecule has 0 fully saturated rings. The third kappa shape index (κ3) is 2.42.